The summed E-state index contributed by atoms with van der Waals surface area (Å²) in [6, 6.07) is 12.3. The van der Waals surface area contributed by atoms with Gasteiger partial charge in [0.2, 0.25) is 5.91 Å². The lowest BCUT2D eigenvalue weighted by Crippen LogP contribution is -2.23. The van der Waals surface area contributed by atoms with Crippen LogP contribution >= 0.6 is 0 Å². The number of ether oxygens (including phenoxy) is 2. The molecule has 1 heterocycles. The number of methoxy groups -OCH3 is 2. The Morgan fingerprint density at radius 2 is 1.67 bits per heavy atom. The molecule has 1 amide bonds. The molecule has 0 spiro atoms. The maximum atomic E-state index is 12.2. The number of carbonyl (C=O) groups is 1. The van der Waals surface area contributed by atoms with E-state index in [1.54, 1.807) is 14.2 Å². The van der Waals surface area contributed by atoms with Crippen molar-refractivity contribution in [3.05, 3.63) is 53.1 Å². The summed E-state index contributed by atoms with van der Waals surface area (Å²) in [7, 11) is 3.22. The van der Waals surface area contributed by atoms with Gasteiger partial charge in [-0.2, -0.15) is 0 Å². The summed E-state index contributed by atoms with van der Waals surface area (Å²) in [5.74, 6) is 1.83. The standard InChI is InChI=1S/C20H23NO3/c1-12(2)13-5-7-14(8-6-13)15-10-20(22)21-17-11-19(24-4)18(23-3)9-16(15)17/h5-9,11-12,15H,10H2,1-4H3,(H,21,22). The number of amides is 1. The largest absolute Gasteiger partial charge is 0.493 e. The predicted molar refractivity (Wildman–Crippen MR) is 95.2 cm³/mol. The molecule has 0 bridgehead atoms. The molecule has 0 saturated heterocycles. The van der Waals surface area contributed by atoms with Gasteiger partial charge in [0, 0.05) is 24.1 Å². The van der Waals surface area contributed by atoms with Crippen LogP contribution in [0, 0.1) is 0 Å². The van der Waals surface area contributed by atoms with Gasteiger partial charge in [0.05, 0.1) is 14.2 Å². The monoisotopic (exact) mass is 325 g/mol. The van der Waals surface area contributed by atoms with Gasteiger partial charge in [-0.3, -0.25) is 4.79 Å². The van der Waals surface area contributed by atoms with Crippen molar-refractivity contribution in [2.45, 2.75) is 32.1 Å². The topological polar surface area (TPSA) is 47.6 Å². The summed E-state index contributed by atoms with van der Waals surface area (Å²) < 4.78 is 10.8. The van der Waals surface area contributed by atoms with Crippen molar-refractivity contribution in [1.82, 2.24) is 0 Å². The summed E-state index contributed by atoms with van der Waals surface area (Å²) >= 11 is 0. The van der Waals surface area contributed by atoms with Crippen molar-refractivity contribution in [1.29, 1.82) is 0 Å². The molecule has 126 valence electrons. The van der Waals surface area contributed by atoms with Gasteiger partial charge in [-0.15, -0.1) is 0 Å². The number of rotatable bonds is 4. The van der Waals surface area contributed by atoms with Gasteiger partial charge in [-0.05, 0) is 28.7 Å². The zero-order valence-corrected chi connectivity index (χ0v) is 14.6. The van der Waals surface area contributed by atoms with E-state index in [1.807, 2.05) is 12.1 Å². The fourth-order valence-electron chi connectivity index (χ4n) is 3.20. The Hall–Kier alpha value is -2.49. The molecule has 2 aromatic carbocycles. The van der Waals surface area contributed by atoms with E-state index in [4.69, 9.17) is 9.47 Å². The van der Waals surface area contributed by atoms with Crippen LogP contribution < -0.4 is 14.8 Å². The highest BCUT2D eigenvalue weighted by molar-refractivity contribution is 5.96. The van der Waals surface area contributed by atoms with Crippen LogP contribution in [0.2, 0.25) is 0 Å². The summed E-state index contributed by atoms with van der Waals surface area (Å²) in [6.45, 7) is 4.35. The molecule has 0 fully saturated rings. The number of benzene rings is 2. The SMILES string of the molecule is COc1cc2c(cc1OC)C(c1ccc(C(C)C)cc1)CC(=O)N2. The first kappa shape index (κ1) is 16.4. The van der Waals surface area contributed by atoms with Gasteiger partial charge < -0.3 is 14.8 Å². The van der Waals surface area contributed by atoms with Gasteiger partial charge in [0.25, 0.3) is 0 Å². The average molecular weight is 325 g/mol. The molecule has 1 atom stereocenters. The van der Waals surface area contributed by atoms with E-state index in [0.717, 1.165) is 16.8 Å². The molecule has 0 aromatic heterocycles. The first-order valence-corrected chi connectivity index (χ1v) is 8.19. The normalized spacial score (nSPS) is 16.5. The molecule has 0 saturated carbocycles. The van der Waals surface area contributed by atoms with Gasteiger partial charge >= 0.3 is 0 Å². The molecular weight excluding hydrogens is 302 g/mol. The summed E-state index contributed by atoms with van der Waals surface area (Å²) in [4.78, 5) is 12.2. The first-order chi connectivity index (χ1) is 11.5. The van der Waals surface area contributed by atoms with E-state index in [0.29, 0.717) is 23.8 Å². The minimum absolute atomic E-state index is 0.0210. The number of fused-ring (bicyclic) bond motifs is 1. The molecule has 3 rings (SSSR count). The van der Waals surface area contributed by atoms with Gasteiger partial charge in [-0.1, -0.05) is 38.1 Å². The molecule has 1 N–H and O–H groups in total. The third kappa shape index (κ3) is 2.96. The fourth-order valence-corrected chi connectivity index (χ4v) is 3.20. The van der Waals surface area contributed by atoms with Crippen molar-refractivity contribution < 1.29 is 14.3 Å². The summed E-state index contributed by atoms with van der Waals surface area (Å²) in [6.07, 6.45) is 0.434. The maximum absolute atomic E-state index is 12.2. The molecule has 1 unspecified atom stereocenters. The molecule has 1 aliphatic rings. The van der Waals surface area contributed by atoms with E-state index >= 15 is 0 Å². The number of carbonyl (C=O) groups excluding carboxylic acids is 1. The first-order valence-electron chi connectivity index (χ1n) is 8.19. The van der Waals surface area contributed by atoms with Crippen LogP contribution in [0.5, 0.6) is 11.5 Å². The van der Waals surface area contributed by atoms with Crippen LogP contribution in [0.1, 0.15) is 48.8 Å². The Morgan fingerprint density at radius 3 is 2.25 bits per heavy atom. The minimum atomic E-state index is 0.0210. The summed E-state index contributed by atoms with van der Waals surface area (Å²) in [5, 5.41) is 2.94. The zero-order valence-electron chi connectivity index (χ0n) is 14.6. The number of anilines is 1. The molecule has 4 nitrogen and oxygen atoms in total. The van der Waals surface area contributed by atoms with Crippen molar-refractivity contribution in [3.63, 3.8) is 0 Å². The van der Waals surface area contributed by atoms with Crippen LogP contribution in [0.15, 0.2) is 36.4 Å². The van der Waals surface area contributed by atoms with E-state index in [1.165, 1.54) is 5.56 Å². The van der Waals surface area contributed by atoms with Crippen LogP contribution in [0.25, 0.3) is 0 Å². The van der Waals surface area contributed by atoms with Crippen molar-refractivity contribution in [2.24, 2.45) is 0 Å². The fraction of sp³-hybridized carbons (Fsp3) is 0.350. The molecule has 2 aromatic rings. The molecule has 4 heteroatoms. The van der Waals surface area contributed by atoms with Gasteiger partial charge in [0.1, 0.15) is 0 Å². The quantitative estimate of drug-likeness (QED) is 0.911. The van der Waals surface area contributed by atoms with E-state index < -0.39 is 0 Å². The van der Waals surface area contributed by atoms with E-state index in [-0.39, 0.29) is 11.8 Å². The second kappa shape index (κ2) is 6.56. The van der Waals surface area contributed by atoms with E-state index in [2.05, 4.69) is 43.4 Å². The Bertz CT molecular complexity index is 750. The van der Waals surface area contributed by atoms with Crippen LogP contribution in [-0.2, 0) is 4.79 Å². The molecule has 1 aliphatic heterocycles. The van der Waals surface area contributed by atoms with Crippen LogP contribution in [0.4, 0.5) is 5.69 Å². The highest BCUT2D eigenvalue weighted by Crippen LogP contribution is 2.43. The number of nitrogens with one attached hydrogen (secondary N) is 1. The summed E-state index contributed by atoms with van der Waals surface area (Å²) in [5.41, 5.74) is 4.29. The minimum Gasteiger partial charge on any atom is -0.493 e. The molecule has 24 heavy (non-hydrogen) atoms. The molecule has 0 aliphatic carbocycles. The van der Waals surface area contributed by atoms with Gasteiger partial charge in [-0.25, -0.2) is 0 Å². The smallest absolute Gasteiger partial charge is 0.225 e. The second-order valence-electron chi connectivity index (χ2n) is 6.42. The highest BCUT2D eigenvalue weighted by Gasteiger charge is 2.28. The lowest BCUT2D eigenvalue weighted by molar-refractivity contribution is -0.116. The van der Waals surface area contributed by atoms with Crippen LogP contribution in [0.3, 0.4) is 0 Å². The van der Waals surface area contributed by atoms with Crippen molar-refractivity contribution in [2.75, 3.05) is 19.5 Å². The Labute approximate surface area is 142 Å². The number of hydrogen-bond acceptors (Lipinski definition) is 3. The molecule has 0 radical (unpaired) electrons. The van der Waals surface area contributed by atoms with Crippen molar-refractivity contribution in [3.8, 4) is 11.5 Å². The Morgan fingerprint density at radius 1 is 1.04 bits per heavy atom. The third-order valence-corrected chi connectivity index (χ3v) is 4.60. The number of hydrogen-bond donors (Lipinski definition) is 1. The average Bonchev–Trinajstić information content (AvgIpc) is 2.59. The van der Waals surface area contributed by atoms with E-state index in [9.17, 15) is 4.79 Å². The maximum Gasteiger partial charge on any atom is 0.225 e. The third-order valence-electron chi connectivity index (χ3n) is 4.60. The van der Waals surface area contributed by atoms with Crippen molar-refractivity contribution >= 4 is 11.6 Å². The Kier molecular flexibility index (Phi) is 4.47. The van der Waals surface area contributed by atoms with Gasteiger partial charge in [0.15, 0.2) is 11.5 Å². The highest BCUT2D eigenvalue weighted by atomic mass is 16.5. The predicted octanol–water partition coefficient (Wildman–Crippen LogP) is 4.30. The second-order valence-corrected chi connectivity index (χ2v) is 6.42. The van der Waals surface area contributed by atoms with Crippen LogP contribution in [-0.4, -0.2) is 20.1 Å². The lowest BCUT2D eigenvalue weighted by Gasteiger charge is -2.27. The lowest BCUT2D eigenvalue weighted by atomic mass is 9.84. The zero-order chi connectivity index (χ0) is 17.3. The Balaban J connectivity index is 2.06. The molecular formula is C20H23NO3.